The van der Waals surface area contributed by atoms with Crippen molar-refractivity contribution < 1.29 is 4.74 Å². The lowest BCUT2D eigenvalue weighted by Gasteiger charge is -2.32. The summed E-state index contributed by atoms with van der Waals surface area (Å²) in [5.41, 5.74) is 1.22. The Balaban J connectivity index is 0.00000364. The van der Waals surface area contributed by atoms with Gasteiger partial charge in [0.05, 0.1) is 6.61 Å². The first kappa shape index (κ1) is 24.0. The minimum Gasteiger partial charge on any atom is -0.493 e. The summed E-state index contributed by atoms with van der Waals surface area (Å²) in [6, 6.07) is 8.82. The molecule has 5 nitrogen and oxygen atoms in total. The van der Waals surface area contributed by atoms with E-state index >= 15 is 0 Å². The molecule has 27 heavy (non-hydrogen) atoms. The highest BCUT2D eigenvalue weighted by Crippen LogP contribution is 2.13. The summed E-state index contributed by atoms with van der Waals surface area (Å²) in [7, 11) is 1.84. The molecule has 0 unspecified atom stereocenters. The number of hydrogen-bond donors (Lipinski definition) is 2. The van der Waals surface area contributed by atoms with Crippen LogP contribution in [-0.4, -0.2) is 50.2 Å². The maximum Gasteiger partial charge on any atom is 0.191 e. The number of likely N-dealkylation sites (tertiary alicyclic amines) is 1. The molecule has 6 heteroatoms. The third-order valence-corrected chi connectivity index (χ3v) is 4.66. The van der Waals surface area contributed by atoms with Crippen LogP contribution >= 0.6 is 24.0 Å². The second-order valence-electron chi connectivity index (χ2n) is 7.53. The summed E-state index contributed by atoms with van der Waals surface area (Å²) in [4.78, 5) is 6.93. The number of piperidine rings is 1. The Labute approximate surface area is 182 Å². The second kappa shape index (κ2) is 13.2. The van der Waals surface area contributed by atoms with E-state index in [9.17, 15) is 0 Å². The van der Waals surface area contributed by atoms with E-state index in [1.807, 2.05) is 19.2 Å². The van der Waals surface area contributed by atoms with Crippen LogP contribution in [0.4, 0.5) is 0 Å². The van der Waals surface area contributed by atoms with Crippen LogP contribution in [-0.2, 0) is 6.54 Å². The summed E-state index contributed by atoms with van der Waals surface area (Å²) in [5.74, 6) is 2.36. The van der Waals surface area contributed by atoms with Crippen molar-refractivity contribution in [2.24, 2.45) is 10.9 Å². The quantitative estimate of drug-likeness (QED) is 0.331. The molecule has 0 amide bonds. The summed E-state index contributed by atoms with van der Waals surface area (Å²) >= 11 is 0. The van der Waals surface area contributed by atoms with Crippen molar-refractivity contribution in [2.45, 2.75) is 52.6 Å². The van der Waals surface area contributed by atoms with Crippen LogP contribution in [0.1, 0.15) is 45.6 Å². The molecule has 2 rings (SSSR count). The third-order valence-electron chi connectivity index (χ3n) is 4.66. The highest BCUT2D eigenvalue weighted by atomic mass is 127. The monoisotopic (exact) mass is 488 g/mol. The topological polar surface area (TPSA) is 48.9 Å². The molecule has 0 saturated carbocycles. The molecule has 2 N–H and O–H groups in total. The minimum absolute atomic E-state index is 0. The van der Waals surface area contributed by atoms with Gasteiger partial charge in [-0.15, -0.1) is 24.0 Å². The van der Waals surface area contributed by atoms with Gasteiger partial charge >= 0.3 is 0 Å². The van der Waals surface area contributed by atoms with Crippen LogP contribution < -0.4 is 15.4 Å². The molecule has 1 saturated heterocycles. The van der Waals surface area contributed by atoms with Crippen molar-refractivity contribution >= 4 is 29.9 Å². The van der Waals surface area contributed by atoms with E-state index in [-0.39, 0.29) is 24.0 Å². The first-order chi connectivity index (χ1) is 12.6. The number of rotatable bonds is 8. The molecule has 1 aliphatic rings. The predicted molar refractivity (Wildman–Crippen MR) is 125 cm³/mol. The first-order valence-corrected chi connectivity index (χ1v) is 10.0. The lowest BCUT2D eigenvalue weighted by molar-refractivity contribution is 0.206. The van der Waals surface area contributed by atoms with Gasteiger partial charge in [0.2, 0.25) is 0 Å². The highest BCUT2D eigenvalue weighted by Gasteiger charge is 2.19. The lowest BCUT2D eigenvalue weighted by atomic mass is 10.1. The van der Waals surface area contributed by atoms with Gasteiger partial charge < -0.3 is 20.3 Å². The Hall–Kier alpha value is -1.02. The fourth-order valence-corrected chi connectivity index (χ4v) is 3.16. The standard InChI is InChI=1S/C21H36N4O.HI/c1-5-12-25-13-10-19(11-14-25)24-21(22-4)23-15-18-6-8-20(9-7-18)26-16-17(2)3;/h6-9,17,19H,5,10-16H2,1-4H3,(H2,22,23,24);1H. The summed E-state index contributed by atoms with van der Waals surface area (Å²) < 4.78 is 5.74. The Bertz CT molecular complexity index is 540. The van der Waals surface area contributed by atoms with E-state index in [0.717, 1.165) is 24.9 Å². The van der Waals surface area contributed by atoms with E-state index in [1.54, 1.807) is 0 Å². The fraction of sp³-hybridized carbons (Fsp3) is 0.667. The van der Waals surface area contributed by atoms with Crippen LogP contribution in [0.15, 0.2) is 29.3 Å². The molecule has 0 aliphatic carbocycles. The van der Waals surface area contributed by atoms with Gasteiger partial charge in [0.1, 0.15) is 5.75 Å². The molecular weight excluding hydrogens is 451 g/mol. The van der Waals surface area contributed by atoms with Crippen molar-refractivity contribution in [2.75, 3.05) is 33.3 Å². The van der Waals surface area contributed by atoms with Crippen LogP contribution in [0.3, 0.4) is 0 Å². The minimum atomic E-state index is 0. The second-order valence-corrected chi connectivity index (χ2v) is 7.53. The van der Waals surface area contributed by atoms with Crippen molar-refractivity contribution in [3.8, 4) is 5.75 Å². The van der Waals surface area contributed by atoms with Crippen LogP contribution in [0, 0.1) is 5.92 Å². The highest BCUT2D eigenvalue weighted by molar-refractivity contribution is 14.0. The molecule has 1 fully saturated rings. The number of nitrogens with zero attached hydrogens (tertiary/aromatic N) is 2. The SMILES string of the molecule is CCCN1CCC(NC(=NC)NCc2ccc(OCC(C)C)cc2)CC1.I. The zero-order chi connectivity index (χ0) is 18.8. The van der Waals surface area contributed by atoms with Gasteiger partial charge in [-0.05, 0) is 49.4 Å². The number of benzene rings is 1. The normalized spacial score (nSPS) is 16.1. The van der Waals surface area contributed by atoms with E-state index < -0.39 is 0 Å². The molecule has 0 atom stereocenters. The summed E-state index contributed by atoms with van der Waals surface area (Å²) in [6.45, 7) is 11.7. The van der Waals surface area contributed by atoms with Crippen LogP contribution in [0.2, 0.25) is 0 Å². The van der Waals surface area contributed by atoms with Gasteiger partial charge in [-0.2, -0.15) is 0 Å². The smallest absolute Gasteiger partial charge is 0.191 e. The first-order valence-electron chi connectivity index (χ1n) is 10.0. The molecule has 0 spiro atoms. The number of guanidine groups is 1. The number of ether oxygens (including phenoxy) is 1. The summed E-state index contributed by atoms with van der Waals surface area (Å²) in [6.07, 6.45) is 3.60. The molecule has 1 heterocycles. The molecule has 0 aromatic heterocycles. The predicted octanol–water partition coefficient (Wildman–Crippen LogP) is 3.88. The van der Waals surface area contributed by atoms with Crippen molar-refractivity contribution in [1.82, 2.24) is 15.5 Å². The van der Waals surface area contributed by atoms with Crippen LogP contribution in [0.5, 0.6) is 5.75 Å². The average molecular weight is 488 g/mol. The Morgan fingerprint density at radius 2 is 1.89 bits per heavy atom. The lowest BCUT2D eigenvalue weighted by Crippen LogP contribution is -2.48. The van der Waals surface area contributed by atoms with Crippen LogP contribution in [0.25, 0.3) is 0 Å². The maximum atomic E-state index is 5.74. The third kappa shape index (κ3) is 9.14. The number of aliphatic imine (C=N–C) groups is 1. The molecular formula is C21H37IN4O. The number of hydrogen-bond acceptors (Lipinski definition) is 3. The Morgan fingerprint density at radius 3 is 2.44 bits per heavy atom. The Morgan fingerprint density at radius 1 is 1.22 bits per heavy atom. The average Bonchev–Trinajstić information content (AvgIpc) is 2.66. The van der Waals surface area contributed by atoms with Gasteiger partial charge in [-0.3, -0.25) is 4.99 Å². The molecule has 1 aromatic rings. The molecule has 0 bridgehead atoms. The largest absolute Gasteiger partial charge is 0.493 e. The molecule has 1 aromatic carbocycles. The molecule has 154 valence electrons. The van der Waals surface area contributed by atoms with E-state index in [4.69, 9.17) is 4.74 Å². The zero-order valence-electron chi connectivity index (χ0n) is 17.3. The summed E-state index contributed by atoms with van der Waals surface area (Å²) in [5, 5.41) is 6.99. The fourth-order valence-electron chi connectivity index (χ4n) is 3.16. The molecule has 0 radical (unpaired) electrons. The van der Waals surface area contributed by atoms with Gasteiger partial charge in [0.25, 0.3) is 0 Å². The van der Waals surface area contributed by atoms with Crippen molar-refractivity contribution in [3.05, 3.63) is 29.8 Å². The van der Waals surface area contributed by atoms with Gasteiger partial charge in [-0.1, -0.05) is 32.9 Å². The number of nitrogens with one attached hydrogen (secondary N) is 2. The Kier molecular flexibility index (Phi) is 11.7. The van der Waals surface area contributed by atoms with Gasteiger partial charge in [-0.25, -0.2) is 0 Å². The van der Waals surface area contributed by atoms with Gasteiger partial charge in [0, 0.05) is 32.7 Å². The van der Waals surface area contributed by atoms with E-state index in [1.165, 1.54) is 44.5 Å². The maximum absolute atomic E-state index is 5.74. The van der Waals surface area contributed by atoms with Gasteiger partial charge in [0.15, 0.2) is 5.96 Å². The van der Waals surface area contributed by atoms with Crippen molar-refractivity contribution in [3.63, 3.8) is 0 Å². The van der Waals surface area contributed by atoms with E-state index in [0.29, 0.717) is 12.0 Å². The molecule has 1 aliphatic heterocycles. The van der Waals surface area contributed by atoms with E-state index in [2.05, 4.69) is 53.4 Å². The number of halogens is 1. The van der Waals surface area contributed by atoms with Crippen molar-refractivity contribution in [1.29, 1.82) is 0 Å². The zero-order valence-corrected chi connectivity index (χ0v) is 19.7.